The lowest BCUT2D eigenvalue weighted by Crippen LogP contribution is -2.21. The summed E-state index contributed by atoms with van der Waals surface area (Å²) in [5, 5.41) is 2.71. The van der Waals surface area contributed by atoms with Crippen LogP contribution in [0.3, 0.4) is 0 Å². The number of carbonyl (C=O) groups is 2. The Morgan fingerprint density at radius 2 is 1.83 bits per heavy atom. The van der Waals surface area contributed by atoms with Gasteiger partial charge in [0.05, 0.1) is 19.4 Å². The first-order valence-electron chi connectivity index (χ1n) is 10.5. The summed E-state index contributed by atoms with van der Waals surface area (Å²) in [6.07, 6.45) is 6.82. The van der Waals surface area contributed by atoms with Gasteiger partial charge in [-0.3, -0.25) is 4.79 Å². The van der Waals surface area contributed by atoms with Crippen LogP contribution in [0.5, 0.6) is 5.75 Å². The van der Waals surface area contributed by atoms with Crippen LogP contribution in [-0.4, -0.2) is 25.7 Å². The highest BCUT2D eigenvalue weighted by Crippen LogP contribution is 2.39. The number of anilines is 1. The maximum Gasteiger partial charge on any atom is 0.316 e. The van der Waals surface area contributed by atoms with Crippen LogP contribution in [0.4, 0.5) is 10.5 Å². The van der Waals surface area contributed by atoms with Crippen LogP contribution in [0.2, 0.25) is 0 Å². The fourth-order valence-electron chi connectivity index (χ4n) is 3.95. The molecule has 6 nitrogen and oxygen atoms in total. The number of rotatable bonds is 8. The molecule has 1 aliphatic carbocycles. The second kappa shape index (κ2) is 10.7. The van der Waals surface area contributed by atoms with E-state index in [0.717, 1.165) is 29.5 Å². The van der Waals surface area contributed by atoms with Crippen LogP contribution in [0.1, 0.15) is 44.1 Å². The van der Waals surface area contributed by atoms with Gasteiger partial charge >= 0.3 is 12.0 Å². The zero-order valence-electron chi connectivity index (χ0n) is 17.5. The van der Waals surface area contributed by atoms with Gasteiger partial charge in [0, 0.05) is 12.0 Å². The summed E-state index contributed by atoms with van der Waals surface area (Å²) < 4.78 is 11.1. The molecule has 2 aromatic carbocycles. The Kier molecular flexibility index (Phi) is 7.71. The van der Waals surface area contributed by atoms with Crippen molar-refractivity contribution in [3.8, 4) is 16.9 Å². The Morgan fingerprint density at radius 3 is 2.50 bits per heavy atom. The SMILES string of the molecule is COC(=O)CCc1cc(NC(N)=O)c(OCC2CCCCC2)c(-c2ccccc2)c1. The maximum absolute atomic E-state index is 11.7. The molecule has 0 unspecified atom stereocenters. The molecule has 0 heterocycles. The van der Waals surface area contributed by atoms with E-state index in [-0.39, 0.29) is 12.4 Å². The molecule has 3 rings (SSSR count). The van der Waals surface area contributed by atoms with Crippen molar-refractivity contribution in [2.45, 2.75) is 44.9 Å². The first kappa shape index (κ1) is 21.7. The molecule has 2 amide bonds. The summed E-state index contributed by atoms with van der Waals surface area (Å²) >= 11 is 0. The summed E-state index contributed by atoms with van der Waals surface area (Å²) in [6.45, 7) is 0.606. The largest absolute Gasteiger partial charge is 0.490 e. The van der Waals surface area contributed by atoms with Crippen LogP contribution in [0, 0.1) is 5.92 Å². The molecule has 160 valence electrons. The molecule has 0 atom stereocenters. The molecular formula is C24H30N2O4. The van der Waals surface area contributed by atoms with E-state index in [4.69, 9.17) is 15.2 Å². The van der Waals surface area contributed by atoms with Gasteiger partial charge in [0.2, 0.25) is 0 Å². The number of hydrogen-bond acceptors (Lipinski definition) is 4. The lowest BCUT2D eigenvalue weighted by Gasteiger charge is -2.24. The third-order valence-corrected chi connectivity index (χ3v) is 5.52. The molecule has 2 aromatic rings. The van der Waals surface area contributed by atoms with E-state index in [1.165, 1.54) is 26.4 Å². The summed E-state index contributed by atoms with van der Waals surface area (Å²) in [4.78, 5) is 23.3. The summed E-state index contributed by atoms with van der Waals surface area (Å²) in [5.74, 6) is 0.855. The predicted octanol–water partition coefficient (Wildman–Crippen LogP) is 4.91. The quantitative estimate of drug-likeness (QED) is 0.605. The topological polar surface area (TPSA) is 90.6 Å². The highest BCUT2D eigenvalue weighted by molar-refractivity contribution is 5.92. The number of nitrogens with two attached hydrogens (primary N) is 1. The number of nitrogens with one attached hydrogen (secondary N) is 1. The molecule has 0 aliphatic heterocycles. The normalized spacial score (nSPS) is 14.2. The van der Waals surface area contributed by atoms with Gasteiger partial charge in [0.1, 0.15) is 0 Å². The van der Waals surface area contributed by atoms with Crippen molar-refractivity contribution in [3.63, 3.8) is 0 Å². The Balaban J connectivity index is 1.96. The number of esters is 1. The van der Waals surface area contributed by atoms with Gasteiger partial charge in [0.15, 0.2) is 5.75 Å². The molecule has 6 heteroatoms. The molecule has 1 saturated carbocycles. The van der Waals surface area contributed by atoms with Gasteiger partial charge in [0.25, 0.3) is 0 Å². The van der Waals surface area contributed by atoms with Gasteiger partial charge in [-0.25, -0.2) is 4.79 Å². The molecule has 0 spiro atoms. The average Bonchev–Trinajstić information content (AvgIpc) is 2.77. The van der Waals surface area contributed by atoms with E-state index in [1.54, 1.807) is 0 Å². The Hall–Kier alpha value is -3.02. The number of hydrogen-bond donors (Lipinski definition) is 2. The van der Waals surface area contributed by atoms with Gasteiger partial charge in [-0.1, -0.05) is 49.6 Å². The van der Waals surface area contributed by atoms with Gasteiger partial charge < -0.3 is 20.5 Å². The molecular weight excluding hydrogens is 380 g/mol. The van der Waals surface area contributed by atoms with Crippen molar-refractivity contribution in [3.05, 3.63) is 48.0 Å². The molecule has 0 radical (unpaired) electrons. The molecule has 1 fully saturated rings. The van der Waals surface area contributed by atoms with Crippen LogP contribution >= 0.6 is 0 Å². The number of methoxy groups -OCH3 is 1. The molecule has 3 N–H and O–H groups in total. The van der Waals surface area contributed by atoms with Gasteiger partial charge in [-0.15, -0.1) is 0 Å². The van der Waals surface area contributed by atoms with Crippen molar-refractivity contribution in [1.82, 2.24) is 0 Å². The van der Waals surface area contributed by atoms with Crippen molar-refractivity contribution in [2.75, 3.05) is 19.0 Å². The van der Waals surface area contributed by atoms with Crippen molar-refractivity contribution in [2.24, 2.45) is 11.7 Å². The third kappa shape index (κ3) is 5.99. The standard InChI is InChI=1S/C24H30N2O4/c1-29-22(27)13-12-18-14-20(19-10-6-3-7-11-19)23(21(15-18)26-24(25)28)30-16-17-8-4-2-5-9-17/h3,6-7,10-11,14-15,17H,2,4-5,8-9,12-13,16H2,1H3,(H3,25,26,28). The minimum absolute atomic E-state index is 0.253. The minimum atomic E-state index is -0.651. The first-order chi connectivity index (χ1) is 14.6. The Morgan fingerprint density at radius 1 is 1.10 bits per heavy atom. The summed E-state index contributed by atoms with van der Waals surface area (Å²) in [7, 11) is 1.38. The molecule has 30 heavy (non-hydrogen) atoms. The number of benzene rings is 2. The smallest absolute Gasteiger partial charge is 0.316 e. The third-order valence-electron chi connectivity index (χ3n) is 5.52. The van der Waals surface area contributed by atoms with Crippen LogP contribution < -0.4 is 15.8 Å². The summed E-state index contributed by atoms with van der Waals surface area (Å²) in [6, 6.07) is 13.1. The second-order valence-electron chi connectivity index (χ2n) is 7.77. The van der Waals surface area contributed by atoms with E-state index >= 15 is 0 Å². The lowest BCUT2D eigenvalue weighted by molar-refractivity contribution is -0.140. The monoisotopic (exact) mass is 410 g/mol. The van der Waals surface area contributed by atoms with E-state index in [9.17, 15) is 9.59 Å². The van der Waals surface area contributed by atoms with Crippen molar-refractivity contribution >= 4 is 17.7 Å². The first-order valence-corrected chi connectivity index (χ1v) is 10.5. The fourth-order valence-corrected chi connectivity index (χ4v) is 3.95. The summed E-state index contributed by atoms with van der Waals surface area (Å²) in [5.41, 5.74) is 8.71. The Labute approximate surface area is 177 Å². The minimum Gasteiger partial charge on any atom is -0.490 e. The number of ether oxygens (including phenoxy) is 2. The van der Waals surface area contributed by atoms with E-state index in [0.29, 0.717) is 30.4 Å². The zero-order chi connectivity index (χ0) is 21.3. The number of carbonyl (C=O) groups excluding carboxylic acids is 2. The van der Waals surface area contributed by atoms with E-state index in [2.05, 4.69) is 5.32 Å². The number of primary amides is 1. The average molecular weight is 411 g/mol. The number of aryl methyl sites for hydroxylation is 1. The molecule has 0 bridgehead atoms. The van der Waals surface area contributed by atoms with Crippen LogP contribution in [-0.2, 0) is 16.0 Å². The van der Waals surface area contributed by atoms with E-state index < -0.39 is 6.03 Å². The van der Waals surface area contributed by atoms with Crippen LogP contribution in [0.25, 0.3) is 11.1 Å². The maximum atomic E-state index is 11.7. The van der Waals surface area contributed by atoms with E-state index in [1.807, 2.05) is 42.5 Å². The second-order valence-corrected chi connectivity index (χ2v) is 7.77. The van der Waals surface area contributed by atoms with Gasteiger partial charge in [-0.05, 0) is 48.4 Å². The van der Waals surface area contributed by atoms with Crippen molar-refractivity contribution < 1.29 is 19.1 Å². The van der Waals surface area contributed by atoms with Crippen molar-refractivity contribution in [1.29, 1.82) is 0 Å². The fraction of sp³-hybridized carbons (Fsp3) is 0.417. The number of amides is 2. The zero-order valence-corrected chi connectivity index (χ0v) is 17.5. The molecule has 1 aliphatic rings. The predicted molar refractivity (Wildman–Crippen MR) is 117 cm³/mol. The number of urea groups is 1. The Bertz CT molecular complexity index is 861. The highest BCUT2D eigenvalue weighted by Gasteiger charge is 2.19. The van der Waals surface area contributed by atoms with Gasteiger partial charge in [-0.2, -0.15) is 0 Å². The molecule has 0 aromatic heterocycles. The molecule has 0 saturated heterocycles. The lowest BCUT2D eigenvalue weighted by atomic mass is 9.90. The highest BCUT2D eigenvalue weighted by atomic mass is 16.5. The van der Waals surface area contributed by atoms with Crippen LogP contribution in [0.15, 0.2) is 42.5 Å².